The van der Waals surface area contributed by atoms with Crippen LogP contribution in [-0.4, -0.2) is 47.4 Å². The van der Waals surface area contributed by atoms with Crippen LogP contribution < -0.4 is 5.32 Å². The summed E-state index contributed by atoms with van der Waals surface area (Å²) in [6.07, 6.45) is 72.8. The average molecular weight is 1000 g/mol. The summed E-state index contributed by atoms with van der Waals surface area (Å²) in [5.74, 6) is -0.00868. The number of unbranched alkanes of at least 4 members (excludes halogenated alkanes) is 51. The molecule has 71 heavy (non-hydrogen) atoms. The molecule has 0 saturated carbocycles. The topological polar surface area (TPSA) is 95.9 Å². The second-order valence-corrected chi connectivity index (χ2v) is 22.8. The van der Waals surface area contributed by atoms with Crippen LogP contribution in [0.5, 0.6) is 0 Å². The van der Waals surface area contributed by atoms with Gasteiger partial charge in [-0.05, 0) is 25.7 Å². The molecule has 0 rings (SSSR count). The first-order valence-electron chi connectivity index (χ1n) is 32.8. The lowest BCUT2D eigenvalue weighted by Crippen LogP contribution is -2.45. The van der Waals surface area contributed by atoms with Gasteiger partial charge in [-0.3, -0.25) is 9.59 Å². The molecule has 0 radical (unpaired) electrons. The number of rotatable bonds is 62. The summed E-state index contributed by atoms with van der Waals surface area (Å²) in [6.45, 7) is 4.99. The van der Waals surface area contributed by atoms with Gasteiger partial charge in [0.15, 0.2) is 0 Å². The summed E-state index contributed by atoms with van der Waals surface area (Å²) in [7, 11) is 0. The number of hydrogen-bond acceptors (Lipinski definition) is 5. The number of esters is 1. The van der Waals surface area contributed by atoms with Gasteiger partial charge in [0, 0.05) is 12.8 Å². The standard InChI is InChI=1S/C65H129NO5/c1-3-5-7-9-11-13-15-17-34-37-41-45-49-53-57-63(68)62(61-67)66-64(69)58-54-50-46-42-38-35-31-29-27-25-23-21-19-18-20-22-24-26-28-30-32-36-40-44-48-52-56-60-71-65(70)59-55-51-47-43-39-33-16-14-12-10-8-6-4-2/h62-63,67-68H,3-61H2,1-2H3,(H,66,69). The fourth-order valence-electron chi connectivity index (χ4n) is 10.6. The normalized spacial score (nSPS) is 12.5. The quantitative estimate of drug-likeness (QED) is 0.0417. The molecular formula is C65H129NO5. The van der Waals surface area contributed by atoms with E-state index < -0.39 is 12.1 Å². The fraction of sp³-hybridized carbons (Fsp3) is 0.969. The number of amides is 1. The van der Waals surface area contributed by atoms with E-state index in [-0.39, 0.29) is 18.5 Å². The van der Waals surface area contributed by atoms with E-state index in [1.165, 1.54) is 308 Å². The maximum Gasteiger partial charge on any atom is 0.305 e. The van der Waals surface area contributed by atoms with Crippen molar-refractivity contribution in [2.24, 2.45) is 0 Å². The van der Waals surface area contributed by atoms with Crippen molar-refractivity contribution in [3.05, 3.63) is 0 Å². The Bertz CT molecular complexity index is 1020. The van der Waals surface area contributed by atoms with E-state index in [1.54, 1.807) is 0 Å². The highest BCUT2D eigenvalue weighted by atomic mass is 16.5. The molecule has 1 amide bonds. The number of aliphatic hydroxyl groups excluding tert-OH is 2. The van der Waals surface area contributed by atoms with Crippen LogP contribution >= 0.6 is 0 Å². The zero-order valence-electron chi connectivity index (χ0n) is 48.5. The van der Waals surface area contributed by atoms with Crippen LogP contribution in [0.4, 0.5) is 0 Å². The van der Waals surface area contributed by atoms with Crippen molar-refractivity contribution in [1.29, 1.82) is 0 Å². The first-order chi connectivity index (χ1) is 35.0. The van der Waals surface area contributed by atoms with Crippen molar-refractivity contribution in [2.75, 3.05) is 13.2 Å². The van der Waals surface area contributed by atoms with Crippen LogP contribution in [0, 0.1) is 0 Å². The van der Waals surface area contributed by atoms with Gasteiger partial charge in [-0.2, -0.15) is 0 Å². The lowest BCUT2D eigenvalue weighted by molar-refractivity contribution is -0.143. The molecule has 424 valence electrons. The molecule has 6 heteroatoms. The Morgan fingerprint density at radius 1 is 0.338 bits per heavy atom. The lowest BCUT2D eigenvalue weighted by atomic mass is 10.0. The Morgan fingerprint density at radius 2 is 0.577 bits per heavy atom. The highest BCUT2D eigenvalue weighted by molar-refractivity contribution is 5.76. The first kappa shape index (κ1) is 69.9. The number of ether oxygens (including phenoxy) is 1. The molecule has 0 aromatic rings. The Hall–Kier alpha value is -1.14. The zero-order valence-corrected chi connectivity index (χ0v) is 48.5. The van der Waals surface area contributed by atoms with Gasteiger partial charge in [0.1, 0.15) is 0 Å². The summed E-state index contributed by atoms with van der Waals surface area (Å²) in [4.78, 5) is 24.5. The van der Waals surface area contributed by atoms with Gasteiger partial charge < -0.3 is 20.3 Å². The van der Waals surface area contributed by atoms with Gasteiger partial charge in [0.2, 0.25) is 5.91 Å². The average Bonchev–Trinajstić information content (AvgIpc) is 3.37. The third-order valence-corrected chi connectivity index (χ3v) is 15.7. The van der Waals surface area contributed by atoms with E-state index in [2.05, 4.69) is 19.2 Å². The van der Waals surface area contributed by atoms with E-state index in [1.807, 2.05) is 0 Å². The summed E-state index contributed by atoms with van der Waals surface area (Å²) in [5, 5.41) is 23.3. The number of carbonyl (C=O) groups excluding carboxylic acids is 2. The highest BCUT2D eigenvalue weighted by Gasteiger charge is 2.20. The lowest BCUT2D eigenvalue weighted by Gasteiger charge is -2.22. The Kier molecular flexibility index (Phi) is 60.4. The minimum atomic E-state index is -0.660. The Balaban J connectivity index is 3.32. The van der Waals surface area contributed by atoms with Gasteiger partial charge in [-0.15, -0.1) is 0 Å². The maximum atomic E-state index is 12.5. The van der Waals surface area contributed by atoms with E-state index in [9.17, 15) is 19.8 Å². The van der Waals surface area contributed by atoms with Crippen LogP contribution in [0.25, 0.3) is 0 Å². The first-order valence-corrected chi connectivity index (χ1v) is 32.8. The molecule has 0 saturated heterocycles. The van der Waals surface area contributed by atoms with E-state index >= 15 is 0 Å². The fourth-order valence-corrected chi connectivity index (χ4v) is 10.6. The molecule has 0 aliphatic rings. The van der Waals surface area contributed by atoms with Crippen LogP contribution in [-0.2, 0) is 14.3 Å². The predicted octanol–water partition coefficient (Wildman–Crippen LogP) is 20.6. The molecule has 0 spiro atoms. The molecule has 3 N–H and O–H groups in total. The van der Waals surface area contributed by atoms with Gasteiger partial charge >= 0.3 is 5.97 Å². The van der Waals surface area contributed by atoms with Crippen molar-refractivity contribution in [3.63, 3.8) is 0 Å². The van der Waals surface area contributed by atoms with Crippen LogP contribution in [0.3, 0.4) is 0 Å². The van der Waals surface area contributed by atoms with Crippen molar-refractivity contribution in [2.45, 2.75) is 392 Å². The molecule has 2 unspecified atom stereocenters. The van der Waals surface area contributed by atoms with Crippen LogP contribution in [0.2, 0.25) is 0 Å². The number of aliphatic hydroxyl groups is 2. The Labute approximate surface area is 445 Å². The molecular weight excluding hydrogens is 875 g/mol. The summed E-state index contributed by atoms with van der Waals surface area (Å²) in [5.41, 5.74) is 0. The summed E-state index contributed by atoms with van der Waals surface area (Å²) in [6, 6.07) is -0.537. The monoisotopic (exact) mass is 1000 g/mol. The van der Waals surface area contributed by atoms with E-state index in [0.717, 1.165) is 38.5 Å². The smallest absolute Gasteiger partial charge is 0.305 e. The third-order valence-electron chi connectivity index (χ3n) is 15.7. The molecule has 0 aromatic heterocycles. The van der Waals surface area contributed by atoms with Gasteiger partial charge in [0.25, 0.3) is 0 Å². The molecule has 0 bridgehead atoms. The number of carbonyl (C=O) groups is 2. The van der Waals surface area contributed by atoms with Gasteiger partial charge in [0.05, 0.1) is 25.4 Å². The molecule has 0 aliphatic heterocycles. The van der Waals surface area contributed by atoms with Crippen molar-refractivity contribution >= 4 is 11.9 Å². The predicted molar refractivity (Wildman–Crippen MR) is 310 cm³/mol. The van der Waals surface area contributed by atoms with Crippen molar-refractivity contribution in [1.82, 2.24) is 5.32 Å². The molecule has 0 aliphatic carbocycles. The van der Waals surface area contributed by atoms with Gasteiger partial charge in [-0.25, -0.2) is 0 Å². The SMILES string of the molecule is CCCCCCCCCCCCCCCCC(O)C(CO)NC(=O)CCCCCCCCCCCCCCCCCCCCCCCCCCCCCOC(=O)CCCCCCCCCCCCCCC. The number of hydrogen-bond donors (Lipinski definition) is 3. The zero-order chi connectivity index (χ0) is 51.4. The van der Waals surface area contributed by atoms with Crippen molar-refractivity contribution in [3.8, 4) is 0 Å². The van der Waals surface area contributed by atoms with Gasteiger partial charge in [-0.1, -0.05) is 341 Å². The second kappa shape index (κ2) is 61.4. The van der Waals surface area contributed by atoms with Crippen molar-refractivity contribution < 1.29 is 24.5 Å². The highest BCUT2D eigenvalue weighted by Crippen LogP contribution is 2.19. The molecule has 2 atom stereocenters. The second-order valence-electron chi connectivity index (χ2n) is 22.8. The van der Waals surface area contributed by atoms with E-state index in [4.69, 9.17) is 4.74 Å². The van der Waals surface area contributed by atoms with Crippen LogP contribution in [0.15, 0.2) is 0 Å². The minimum absolute atomic E-state index is 0.0206. The van der Waals surface area contributed by atoms with Crippen LogP contribution in [0.1, 0.15) is 380 Å². The minimum Gasteiger partial charge on any atom is -0.466 e. The molecule has 0 heterocycles. The van der Waals surface area contributed by atoms with E-state index in [0.29, 0.717) is 25.9 Å². The number of nitrogens with one attached hydrogen (secondary N) is 1. The molecule has 6 nitrogen and oxygen atoms in total. The Morgan fingerprint density at radius 3 is 0.859 bits per heavy atom. The molecule has 0 aromatic carbocycles. The third kappa shape index (κ3) is 58.0. The molecule has 0 fully saturated rings. The summed E-state index contributed by atoms with van der Waals surface area (Å²) < 4.78 is 5.49. The largest absolute Gasteiger partial charge is 0.466 e. The maximum absolute atomic E-state index is 12.5. The summed E-state index contributed by atoms with van der Waals surface area (Å²) >= 11 is 0.